The van der Waals surface area contributed by atoms with Gasteiger partial charge in [-0.2, -0.15) is 0 Å². The van der Waals surface area contributed by atoms with Crippen LogP contribution in [0.1, 0.15) is 11.1 Å². The number of fused-ring (bicyclic) bond motifs is 1. The molecule has 1 aromatic heterocycles. The summed E-state index contributed by atoms with van der Waals surface area (Å²) in [6.45, 7) is 0. The lowest BCUT2D eigenvalue weighted by Crippen LogP contribution is -2.49. The number of anilines is 1. The molecule has 0 bridgehead atoms. The van der Waals surface area contributed by atoms with Crippen LogP contribution >= 0.6 is 11.6 Å². The van der Waals surface area contributed by atoms with Crippen molar-refractivity contribution in [2.45, 2.75) is 18.9 Å². The number of para-hydroxylation sites is 1. The lowest BCUT2D eigenvalue weighted by molar-refractivity contribution is -0.127. The van der Waals surface area contributed by atoms with E-state index in [-0.39, 0.29) is 18.2 Å². The van der Waals surface area contributed by atoms with Gasteiger partial charge in [0, 0.05) is 41.3 Å². The van der Waals surface area contributed by atoms with E-state index in [0.717, 1.165) is 22.0 Å². The molecule has 0 unspecified atom stereocenters. The molecule has 32 heavy (non-hydrogen) atoms. The minimum Gasteiger partial charge on any atom is -0.361 e. The number of hydrogen-bond acceptors (Lipinski definition) is 2. The lowest BCUT2D eigenvalue weighted by Gasteiger charge is -2.25. The fourth-order valence-corrected chi connectivity index (χ4v) is 3.98. The Labute approximate surface area is 192 Å². The first-order valence-electron chi connectivity index (χ1n) is 10.4. The minimum absolute atomic E-state index is 0.184. The molecule has 0 radical (unpaired) electrons. The van der Waals surface area contributed by atoms with Gasteiger partial charge in [-0.15, -0.1) is 0 Å². The number of amides is 2. The first kappa shape index (κ1) is 21.7. The van der Waals surface area contributed by atoms with Crippen LogP contribution in [0.25, 0.3) is 10.9 Å². The van der Waals surface area contributed by atoms with E-state index in [1.54, 1.807) is 25.2 Å². The van der Waals surface area contributed by atoms with E-state index in [0.29, 0.717) is 17.1 Å². The van der Waals surface area contributed by atoms with Gasteiger partial charge in [0.1, 0.15) is 6.04 Å². The summed E-state index contributed by atoms with van der Waals surface area (Å²) in [5.74, 6) is -0.410. The number of halogens is 1. The van der Waals surface area contributed by atoms with Crippen LogP contribution < -0.4 is 10.2 Å². The first-order valence-corrected chi connectivity index (χ1v) is 10.8. The predicted octanol–water partition coefficient (Wildman–Crippen LogP) is 4.75. The number of likely N-dealkylation sites (N-methyl/N-ethyl adjacent to an activating group) is 1. The molecule has 1 atom stereocenters. The van der Waals surface area contributed by atoms with E-state index in [4.69, 9.17) is 11.6 Å². The molecular weight excluding hydrogens is 422 g/mol. The Morgan fingerprint density at radius 1 is 1.00 bits per heavy atom. The van der Waals surface area contributed by atoms with Crippen molar-refractivity contribution >= 4 is 40.0 Å². The van der Waals surface area contributed by atoms with Gasteiger partial charge in [0.2, 0.25) is 11.8 Å². The van der Waals surface area contributed by atoms with Crippen LogP contribution in [-0.4, -0.2) is 29.9 Å². The van der Waals surface area contributed by atoms with Crippen molar-refractivity contribution in [3.63, 3.8) is 0 Å². The van der Waals surface area contributed by atoms with E-state index >= 15 is 0 Å². The summed E-state index contributed by atoms with van der Waals surface area (Å²) in [6, 6.07) is 23.9. The summed E-state index contributed by atoms with van der Waals surface area (Å²) in [4.78, 5) is 31.0. The van der Waals surface area contributed by atoms with Crippen LogP contribution in [-0.2, 0) is 22.4 Å². The average Bonchev–Trinajstić information content (AvgIpc) is 3.21. The fourth-order valence-electron chi connectivity index (χ4n) is 3.79. The predicted molar refractivity (Wildman–Crippen MR) is 129 cm³/mol. The molecule has 0 spiro atoms. The van der Waals surface area contributed by atoms with Crippen molar-refractivity contribution in [1.82, 2.24) is 10.3 Å². The third-order valence-electron chi connectivity index (χ3n) is 5.47. The lowest BCUT2D eigenvalue weighted by atomic mass is 10.0. The van der Waals surface area contributed by atoms with Crippen LogP contribution in [0.3, 0.4) is 0 Å². The molecule has 3 aromatic carbocycles. The Morgan fingerprint density at radius 2 is 1.75 bits per heavy atom. The van der Waals surface area contributed by atoms with E-state index in [1.807, 2.05) is 66.9 Å². The molecule has 0 aliphatic rings. The van der Waals surface area contributed by atoms with Gasteiger partial charge in [-0.3, -0.25) is 9.59 Å². The third-order valence-corrected chi connectivity index (χ3v) is 5.70. The molecule has 162 valence electrons. The number of nitrogens with zero attached hydrogens (tertiary/aromatic N) is 1. The highest BCUT2D eigenvalue weighted by molar-refractivity contribution is 6.30. The SMILES string of the molecule is CN(C(=O)[C@H](Cc1ccccc1)NC(=O)Cc1c[nH]c2ccccc12)c1cccc(Cl)c1. The number of nitrogens with one attached hydrogen (secondary N) is 2. The highest BCUT2D eigenvalue weighted by Crippen LogP contribution is 2.21. The van der Waals surface area contributed by atoms with E-state index < -0.39 is 6.04 Å². The molecule has 2 amide bonds. The summed E-state index contributed by atoms with van der Waals surface area (Å²) in [5.41, 5.74) is 3.52. The fraction of sp³-hybridized carbons (Fsp3) is 0.154. The van der Waals surface area contributed by atoms with Crippen LogP contribution in [0.5, 0.6) is 0 Å². The monoisotopic (exact) mass is 445 g/mol. The van der Waals surface area contributed by atoms with E-state index in [1.165, 1.54) is 4.90 Å². The second-order valence-electron chi connectivity index (χ2n) is 7.72. The number of aromatic amines is 1. The molecule has 0 saturated heterocycles. The summed E-state index contributed by atoms with van der Waals surface area (Å²) >= 11 is 6.10. The molecule has 4 rings (SSSR count). The van der Waals surface area contributed by atoms with Crippen LogP contribution in [0.2, 0.25) is 5.02 Å². The molecule has 0 saturated carbocycles. The third kappa shape index (κ3) is 5.01. The summed E-state index contributed by atoms with van der Waals surface area (Å²) in [6.07, 6.45) is 2.42. The highest BCUT2D eigenvalue weighted by Gasteiger charge is 2.25. The Hall–Kier alpha value is -3.57. The quantitative estimate of drug-likeness (QED) is 0.431. The van der Waals surface area contributed by atoms with Crippen LogP contribution in [0.15, 0.2) is 85.1 Å². The average molecular weight is 446 g/mol. The molecular formula is C26H24ClN3O2. The van der Waals surface area contributed by atoms with Crippen molar-refractivity contribution in [1.29, 1.82) is 0 Å². The summed E-state index contributed by atoms with van der Waals surface area (Å²) in [7, 11) is 1.69. The normalized spacial score (nSPS) is 11.8. The smallest absolute Gasteiger partial charge is 0.249 e. The zero-order chi connectivity index (χ0) is 22.5. The largest absolute Gasteiger partial charge is 0.361 e. The van der Waals surface area contributed by atoms with Gasteiger partial charge < -0.3 is 15.2 Å². The Morgan fingerprint density at radius 3 is 2.53 bits per heavy atom. The van der Waals surface area contributed by atoms with Gasteiger partial charge in [0.15, 0.2) is 0 Å². The summed E-state index contributed by atoms with van der Waals surface area (Å²) in [5, 5.41) is 4.51. The number of H-pyrrole nitrogens is 1. The first-order chi connectivity index (χ1) is 15.5. The second-order valence-corrected chi connectivity index (χ2v) is 8.16. The molecule has 0 aliphatic carbocycles. The zero-order valence-corrected chi connectivity index (χ0v) is 18.5. The molecule has 1 heterocycles. The van der Waals surface area contributed by atoms with Crippen molar-refractivity contribution < 1.29 is 9.59 Å². The van der Waals surface area contributed by atoms with E-state index in [9.17, 15) is 9.59 Å². The molecule has 0 aliphatic heterocycles. The van der Waals surface area contributed by atoms with E-state index in [2.05, 4.69) is 10.3 Å². The van der Waals surface area contributed by atoms with Gasteiger partial charge in [0.25, 0.3) is 0 Å². The number of hydrogen-bond donors (Lipinski definition) is 2. The number of rotatable bonds is 7. The maximum atomic E-state index is 13.4. The molecule has 5 nitrogen and oxygen atoms in total. The zero-order valence-electron chi connectivity index (χ0n) is 17.7. The molecule has 0 fully saturated rings. The molecule has 4 aromatic rings. The van der Waals surface area contributed by atoms with Gasteiger partial charge in [-0.25, -0.2) is 0 Å². The Kier molecular flexibility index (Phi) is 6.57. The van der Waals surface area contributed by atoms with Crippen molar-refractivity contribution in [3.8, 4) is 0 Å². The van der Waals surface area contributed by atoms with Crippen molar-refractivity contribution in [2.24, 2.45) is 0 Å². The maximum Gasteiger partial charge on any atom is 0.249 e. The summed E-state index contributed by atoms with van der Waals surface area (Å²) < 4.78 is 0. The van der Waals surface area contributed by atoms with Gasteiger partial charge in [0.05, 0.1) is 6.42 Å². The number of aromatic nitrogens is 1. The highest BCUT2D eigenvalue weighted by atomic mass is 35.5. The van der Waals surface area contributed by atoms with Gasteiger partial charge in [-0.1, -0.05) is 66.2 Å². The van der Waals surface area contributed by atoms with Crippen LogP contribution in [0.4, 0.5) is 5.69 Å². The maximum absolute atomic E-state index is 13.4. The number of carbonyl (C=O) groups is 2. The van der Waals surface area contributed by atoms with Gasteiger partial charge >= 0.3 is 0 Å². The molecule has 6 heteroatoms. The molecule has 2 N–H and O–H groups in total. The van der Waals surface area contributed by atoms with Crippen molar-refractivity contribution in [2.75, 3.05) is 11.9 Å². The van der Waals surface area contributed by atoms with Crippen LogP contribution in [0, 0.1) is 0 Å². The number of carbonyl (C=O) groups excluding carboxylic acids is 2. The minimum atomic E-state index is -0.709. The second kappa shape index (κ2) is 9.71. The van der Waals surface area contributed by atoms with Crippen molar-refractivity contribution in [3.05, 3.63) is 101 Å². The standard InChI is InChI=1S/C26H24ClN3O2/c1-30(21-11-7-10-20(27)16-21)26(32)24(14-18-8-3-2-4-9-18)29-25(31)15-19-17-28-23-13-6-5-12-22(19)23/h2-13,16-17,24,28H,14-15H2,1H3,(H,29,31)/t24-/m0/s1. The van der Waals surface area contributed by atoms with Gasteiger partial charge in [-0.05, 0) is 35.4 Å². The number of benzene rings is 3. The Bertz CT molecular complexity index is 1240. The Balaban J connectivity index is 1.54. The topological polar surface area (TPSA) is 65.2 Å².